The van der Waals surface area contributed by atoms with Gasteiger partial charge in [-0.15, -0.1) is 5.10 Å². The zero-order valence-electron chi connectivity index (χ0n) is 6.88. The van der Waals surface area contributed by atoms with E-state index in [1.54, 1.807) is 0 Å². The van der Waals surface area contributed by atoms with Gasteiger partial charge in [0.05, 0.1) is 6.54 Å². The largest absolute Gasteiger partial charge is 0.367 e. The van der Waals surface area contributed by atoms with E-state index in [4.69, 9.17) is 5.73 Å². The van der Waals surface area contributed by atoms with Crippen LogP contribution in [-0.2, 0) is 6.54 Å². The van der Waals surface area contributed by atoms with Gasteiger partial charge >= 0.3 is 0 Å². The highest BCUT2D eigenvalue weighted by Crippen LogP contribution is 2.27. The van der Waals surface area contributed by atoms with Crippen molar-refractivity contribution >= 4 is 5.95 Å². The third-order valence-corrected chi connectivity index (χ3v) is 1.97. The minimum atomic E-state index is 0.318. The Morgan fingerprint density at radius 1 is 1.58 bits per heavy atom. The Morgan fingerprint density at radius 3 is 3.00 bits per heavy atom. The van der Waals surface area contributed by atoms with E-state index in [1.165, 1.54) is 12.8 Å². The first-order chi connectivity index (χ1) is 5.84. The Kier molecular flexibility index (Phi) is 1.95. The van der Waals surface area contributed by atoms with Gasteiger partial charge in [0.15, 0.2) is 0 Å². The molecule has 0 aliphatic heterocycles. The maximum absolute atomic E-state index is 5.34. The molecular formula is C7H13N5. The van der Waals surface area contributed by atoms with Gasteiger partial charge in [-0.25, -0.2) is 0 Å². The lowest BCUT2D eigenvalue weighted by atomic mass is 10.4. The lowest BCUT2D eigenvalue weighted by Crippen LogP contribution is -2.16. The van der Waals surface area contributed by atoms with Gasteiger partial charge in [0.1, 0.15) is 5.82 Å². The van der Waals surface area contributed by atoms with Gasteiger partial charge in [0.25, 0.3) is 0 Å². The van der Waals surface area contributed by atoms with Crippen molar-refractivity contribution in [2.75, 3.05) is 12.3 Å². The Bertz CT molecular complexity index is 252. The third kappa shape index (κ3) is 1.94. The van der Waals surface area contributed by atoms with Crippen molar-refractivity contribution in [3.63, 3.8) is 0 Å². The zero-order valence-corrected chi connectivity index (χ0v) is 6.88. The van der Waals surface area contributed by atoms with E-state index in [9.17, 15) is 0 Å². The van der Waals surface area contributed by atoms with Crippen molar-refractivity contribution in [1.82, 2.24) is 20.5 Å². The first kappa shape index (κ1) is 7.54. The van der Waals surface area contributed by atoms with Crippen LogP contribution in [-0.4, -0.2) is 21.7 Å². The number of nitrogen functional groups attached to an aromatic ring is 1. The highest BCUT2D eigenvalue weighted by Gasteiger charge is 2.20. The fraction of sp³-hybridized carbons (Fsp3) is 0.714. The summed E-state index contributed by atoms with van der Waals surface area (Å²) in [6.07, 6.45) is 2.73. The topological polar surface area (TPSA) is 79.6 Å². The quantitative estimate of drug-likeness (QED) is 0.584. The van der Waals surface area contributed by atoms with Crippen molar-refractivity contribution in [3.8, 4) is 0 Å². The number of rotatable bonds is 4. The average Bonchev–Trinajstić information content (AvgIpc) is 2.76. The molecule has 0 radical (unpaired) electrons. The Morgan fingerprint density at radius 2 is 2.42 bits per heavy atom. The van der Waals surface area contributed by atoms with Crippen molar-refractivity contribution in [2.24, 2.45) is 5.92 Å². The van der Waals surface area contributed by atoms with Crippen molar-refractivity contribution in [3.05, 3.63) is 5.82 Å². The van der Waals surface area contributed by atoms with E-state index in [0.717, 1.165) is 24.8 Å². The molecule has 4 N–H and O–H groups in total. The molecular weight excluding hydrogens is 154 g/mol. The molecule has 1 heterocycles. The molecule has 5 heteroatoms. The Hall–Kier alpha value is -1.10. The molecule has 1 aliphatic rings. The molecule has 66 valence electrons. The average molecular weight is 167 g/mol. The third-order valence-electron chi connectivity index (χ3n) is 1.97. The minimum Gasteiger partial charge on any atom is -0.367 e. The molecule has 0 spiro atoms. The summed E-state index contributed by atoms with van der Waals surface area (Å²) in [4.78, 5) is 3.98. The Labute approximate surface area is 70.8 Å². The second kappa shape index (κ2) is 3.10. The van der Waals surface area contributed by atoms with Crippen LogP contribution in [0.3, 0.4) is 0 Å². The highest BCUT2D eigenvalue weighted by molar-refractivity contribution is 5.12. The molecule has 1 aliphatic carbocycles. The number of hydrogen-bond acceptors (Lipinski definition) is 4. The molecule has 5 nitrogen and oxygen atoms in total. The Balaban J connectivity index is 1.71. The maximum atomic E-state index is 5.34. The molecule has 1 aromatic rings. The van der Waals surface area contributed by atoms with Gasteiger partial charge in [-0.1, -0.05) is 0 Å². The summed E-state index contributed by atoms with van der Waals surface area (Å²) in [5.41, 5.74) is 5.34. The van der Waals surface area contributed by atoms with E-state index >= 15 is 0 Å². The van der Waals surface area contributed by atoms with Gasteiger partial charge in [-0.3, -0.25) is 5.10 Å². The lowest BCUT2D eigenvalue weighted by molar-refractivity contribution is 0.620. The van der Waals surface area contributed by atoms with Crippen LogP contribution < -0.4 is 11.1 Å². The molecule has 0 saturated heterocycles. The van der Waals surface area contributed by atoms with Gasteiger partial charge in [0, 0.05) is 0 Å². The predicted octanol–water partition coefficient (Wildman–Crippen LogP) is -0.114. The van der Waals surface area contributed by atoms with Crippen molar-refractivity contribution in [2.45, 2.75) is 19.4 Å². The lowest BCUT2D eigenvalue weighted by Gasteiger charge is -1.98. The molecule has 1 aromatic heterocycles. The summed E-state index contributed by atoms with van der Waals surface area (Å²) in [6, 6.07) is 0. The fourth-order valence-corrected chi connectivity index (χ4v) is 1.11. The van der Waals surface area contributed by atoms with E-state index < -0.39 is 0 Å². The van der Waals surface area contributed by atoms with E-state index in [0.29, 0.717) is 5.95 Å². The van der Waals surface area contributed by atoms with Gasteiger partial charge in [-0.05, 0) is 25.3 Å². The van der Waals surface area contributed by atoms with Crippen LogP contribution in [0.25, 0.3) is 0 Å². The number of aromatic nitrogens is 3. The van der Waals surface area contributed by atoms with E-state index in [-0.39, 0.29) is 0 Å². The number of aromatic amines is 1. The van der Waals surface area contributed by atoms with Crippen LogP contribution in [0, 0.1) is 5.92 Å². The summed E-state index contributed by atoms with van der Waals surface area (Å²) >= 11 is 0. The molecule has 1 saturated carbocycles. The molecule has 0 amide bonds. The zero-order chi connectivity index (χ0) is 8.39. The maximum Gasteiger partial charge on any atom is 0.239 e. The summed E-state index contributed by atoms with van der Waals surface area (Å²) in [6.45, 7) is 1.82. The molecule has 0 aromatic carbocycles. The molecule has 1 fully saturated rings. The molecule has 12 heavy (non-hydrogen) atoms. The second-order valence-corrected chi connectivity index (χ2v) is 3.21. The van der Waals surface area contributed by atoms with Gasteiger partial charge < -0.3 is 11.1 Å². The van der Waals surface area contributed by atoms with Gasteiger partial charge in [-0.2, -0.15) is 4.98 Å². The number of nitrogens with two attached hydrogens (primary N) is 1. The van der Waals surface area contributed by atoms with Crippen LogP contribution in [0.2, 0.25) is 0 Å². The van der Waals surface area contributed by atoms with Crippen LogP contribution >= 0.6 is 0 Å². The standard InChI is InChI=1S/C7H13N5/c8-7-10-6(11-12-7)4-9-3-5-1-2-5/h5,9H,1-4H2,(H3,8,10,11,12). The number of anilines is 1. The number of nitrogens with zero attached hydrogens (tertiary/aromatic N) is 2. The first-order valence-electron chi connectivity index (χ1n) is 4.22. The normalized spacial score (nSPS) is 16.7. The second-order valence-electron chi connectivity index (χ2n) is 3.21. The minimum absolute atomic E-state index is 0.318. The molecule has 2 rings (SSSR count). The smallest absolute Gasteiger partial charge is 0.239 e. The van der Waals surface area contributed by atoms with Crippen LogP contribution in [0.1, 0.15) is 18.7 Å². The summed E-state index contributed by atoms with van der Waals surface area (Å²) in [7, 11) is 0. The SMILES string of the molecule is Nc1n[nH]c(CNCC2CC2)n1. The highest BCUT2D eigenvalue weighted by atomic mass is 15.3. The predicted molar refractivity (Wildman–Crippen MR) is 45.2 cm³/mol. The summed E-state index contributed by atoms with van der Waals surface area (Å²) in [5, 5.41) is 9.77. The van der Waals surface area contributed by atoms with Crippen LogP contribution in [0.15, 0.2) is 0 Å². The summed E-state index contributed by atoms with van der Waals surface area (Å²) < 4.78 is 0. The molecule has 0 atom stereocenters. The monoisotopic (exact) mass is 167 g/mol. The molecule has 0 unspecified atom stereocenters. The van der Waals surface area contributed by atoms with Crippen molar-refractivity contribution < 1.29 is 0 Å². The fourth-order valence-electron chi connectivity index (χ4n) is 1.11. The number of H-pyrrole nitrogens is 1. The molecule has 0 bridgehead atoms. The van der Waals surface area contributed by atoms with Gasteiger partial charge in [0.2, 0.25) is 5.95 Å². The number of hydrogen-bond donors (Lipinski definition) is 3. The van der Waals surface area contributed by atoms with Crippen molar-refractivity contribution in [1.29, 1.82) is 0 Å². The van der Waals surface area contributed by atoms with Crippen LogP contribution in [0.4, 0.5) is 5.95 Å². The number of nitrogens with one attached hydrogen (secondary N) is 2. The van der Waals surface area contributed by atoms with E-state index in [2.05, 4.69) is 20.5 Å². The van der Waals surface area contributed by atoms with Crippen LogP contribution in [0.5, 0.6) is 0 Å². The van der Waals surface area contributed by atoms with E-state index in [1.807, 2.05) is 0 Å². The first-order valence-corrected chi connectivity index (χ1v) is 4.22. The summed E-state index contributed by atoms with van der Waals surface area (Å²) in [5.74, 6) is 2.02.